The average molecular weight is 263 g/mol. The Balaban J connectivity index is 2.38. The lowest BCUT2D eigenvalue weighted by molar-refractivity contribution is 0.275. The van der Waals surface area contributed by atoms with Crippen LogP contribution in [0.5, 0.6) is 0 Å². The van der Waals surface area contributed by atoms with Crippen molar-refractivity contribution in [2.24, 2.45) is 17.6 Å². The third kappa shape index (κ3) is 4.91. The van der Waals surface area contributed by atoms with Gasteiger partial charge >= 0.3 is 0 Å². The smallest absolute Gasteiger partial charge is 0.279 e. The van der Waals surface area contributed by atoms with E-state index in [1.54, 1.807) is 4.31 Å². The van der Waals surface area contributed by atoms with E-state index in [1.807, 2.05) is 0 Å². The SMILES string of the molecule is CC(C)CCNS(=O)(=O)N1CCC(CN)CC1. The summed E-state index contributed by atoms with van der Waals surface area (Å²) in [4.78, 5) is 0. The molecule has 1 heterocycles. The third-order valence-electron chi connectivity index (χ3n) is 3.25. The molecule has 1 saturated heterocycles. The Morgan fingerprint density at radius 2 is 1.94 bits per heavy atom. The maximum atomic E-state index is 11.9. The van der Waals surface area contributed by atoms with E-state index >= 15 is 0 Å². The Kier molecular flexibility index (Phi) is 5.85. The van der Waals surface area contributed by atoms with Crippen molar-refractivity contribution in [3.63, 3.8) is 0 Å². The maximum Gasteiger partial charge on any atom is 0.279 e. The molecule has 0 radical (unpaired) electrons. The highest BCUT2D eigenvalue weighted by molar-refractivity contribution is 7.87. The molecule has 0 atom stereocenters. The zero-order chi connectivity index (χ0) is 12.9. The van der Waals surface area contributed by atoms with Gasteiger partial charge in [0, 0.05) is 19.6 Å². The largest absolute Gasteiger partial charge is 0.330 e. The zero-order valence-corrected chi connectivity index (χ0v) is 11.7. The Morgan fingerprint density at radius 1 is 1.35 bits per heavy atom. The summed E-state index contributed by atoms with van der Waals surface area (Å²) in [6, 6.07) is 0. The van der Waals surface area contributed by atoms with Crippen LogP contribution in [0.25, 0.3) is 0 Å². The lowest BCUT2D eigenvalue weighted by Crippen LogP contribution is -2.46. The Labute approximate surface area is 105 Å². The minimum Gasteiger partial charge on any atom is -0.330 e. The molecular weight excluding hydrogens is 238 g/mol. The Hall–Kier alpha value is -0.170. The normalized spacial score (nSPS) is 20.0. The second-order valence-corrected chi connectivity index (χ2v) is 6.92. The zero-order valence-electron chi connectivity index (χ0n) is 10.9. The van der Waals surface area contributed by atoms with Crippen LogP contribution in [0.1, 0.15) is 33.1 Å². The fourth-order valence-corrected chi connectivity index (χ4v) is 3.20. The molecule has 0 aromatic carbocycles. The van der Waals surface area contributed by atoms with Crippen molar-refractivity contribution >= 4 is 10.2 Å². The van der Waals surface area contributed by atoms with Crippen molar-refractivity contribution in [1.82, 2.24) is 9.03 Å². The van der Waals surface area contributed by atoms with E-state index in [1.165, 1.54) is 0 Å². The number of hydrogen-bond acceptors (Lipinski definition) is 3. The fraction of sp³-hybridized carbons (Fsp3) is 1.00. The van der Waals surface area contributed by atoms with Gasteiger partial charge in [0.1, 0.15) is 0 Å². The van der Waals surface area contributed by atoms with Gasteiger partial charge in [0.25, 0.3) is 10.2 Å². The van der Waals surface area contributed by atoms with Crippen molar-refractivity contribution in [3.05, 3.63) is 0 Å². The van der Waals surface area contributed by atoms with E-state index in [0.717, 1.165) is 19.3 Å². The number of piperidine rings is 1. The summed E-state index contributed by atoms with van der Waals surface area (Å²) >= 11 is 0. The van der Waals surface area contributed by atoms with E-state index in [0.29, 0.717) is 38.0 Å². The lowest BCUT2D eigenvalue weighted by atomic mass is 9.99. The lowest BCUT2D eigenvalue weighted by Gasteiger charge is -2.30. The minimum atomic E-state index is -3.27. The summed E-state index contributed by atoms with van der Waals surface area (Å²) in [5.41, 5.74) is 5.59. The highest BCUT2D eigenvalue weighted by Crippen LogP contribution is 2.17. The van der Waals surface area contributed by atoms with Crippen molar-refractivity contribution in [2.45, 2.75) is 33.1 Å². The molecule has 1 aliphatic heterocycles. The quantitative estimate of drug-likeness (QED) is 0.734. The van der Waals surface area contributed by atoms with Crippen molar-refractivity contribution in [1.29, 1.82) is 0 Å². The van der Waals surface area contributed by atoms with Gasteiger partial charge in [0.2, 0.25) is 0 Å². The molecule has 0 aliphatic carbocycles. The molecular formula is C11H25N3O2S. The van der Waals surface area contributed by atoms with Gasteiger partial charge in [-0.2, -0.15) is 12.7 Å². The van der Waals surface area contributed by atoms with Gasteiger partial charge in [-0.15, -0.1) is 0 Å². The van der Waals surface area contributed by atoms with Crippen LogP contribution in [0.3, 0.4) is 0 Å². The Morgan fingerprint density at radius 3 is 2.41 bits per heavy atom. The van der Waals surface area contributed by atoms with E-state index in [4.69, 9.17) is 5.73 Å². The summed E-state index contributed by atoms with van der Waals surface area (Å²) < 4.78 is 28.1. The van der Waals surface area contributed by atoms with Gasteiger partial charge in [-0.3, -0.25) is 0 Å². The first-order valence-electron chi connectivity index (χ1n) is 6.40. The second kappa shape index (κ2) is 6.68. The minimum absolute atomic E-state index is 0.483. The predicted octanol–water partition coefficient (Wildman–Crippen LogP) is 0.538. The number of nitrogens with two attached hydrogens (primary N) is 1. The van der Waals surface area contributed by atoms with Crippen molar-refractivity contribution in [3.8, 4) is 0 Å². The maximum absolute atomic E-state index is 11.9. The monoisotopic (exact) mass is 263 g/mol. The molecule has 3 N–H and O–H groups in total. The van der Waals surface area contributed by atoms with Crippen LogP contribution in [0, 0.1) is 11.8 Å². The van der Waals surface area contributed by atoms with Crippen LogP contribution >= 0.6 is 0 Å². The van der Waals surface area contributed by atoms with Crippen molar-refractivity contribution in [2.75, 3.05) is 26.2 Å². The van der Waals surface area contributed by atoms with Crippen LogP contribution in [-0.2, 0) is 10.2 Å². The van der Waals surface area contributed by atoms with Gasteiger partial charge in [-0.25, -0.2) is 4.72 Å². The van der Waals surface area contributed by atoms with E-state index in [-0.39, 0.29) is 0 Å². The molecule has 0 bridgehead atoms. The Bertz CT molecular complexity index is 309. The molecule has 17 heavy (non-hydrogen) atoms. The molecule has 1 rings (SSSR count). The topological polar surface area (TPSA) is 75.4 Å². The third-order valence-corrected chi connectivity index (χ3v) is 4.87. The predicted molar refractivity (Wildman–Crippen MR) is 69.7 cm³/mol. The molecule has 0 unspecified atom stereocenters. The van der Waals surface area contributed by atoms with Crippen LogP contribution in [0.2, 0.25) is 0 Å². The van der Waals surface area contributed by atoms with Gasteiger partial charge in [-0.05, 0) is 37.6 Å². The summed E-state index contributed by atoms with van der Waals surface area (Å²) in [6.07, 6.45) is 2.63. The molecule has 1 fully saturated rings. The number of rotatable bonds is 6. The molecule has 6 heteroatoms. The van der Waals surface area contributed by atoms with E-state index in [2.05, 4.69) is 18.6 Å². The summed E-state index contributed by atoms with van der Waals surface area (Å²) in [5, 5.41) is 0. The molecule has 1 aliphatic rings. The van der Waals surface area contributed by atoms with Crippen LogP contribution in [0.15, 0.2) is 0 Å². The molecule has 0 saturated carbocycles. The highest BCUT2D eigenvalue weighted by Gasteiger charge is 2.26. The van der Waals surface area contributed by atoms with Gasteiger partial charge in [-0.1, -0.05) is 13.8 Å². The molecule has 0 aromatic rings. The summed E-state index contributed by atoms with van der Waals surface area (Å²) in [7, 11) is -3.27. The first-order chi connectivity index (χ1) is 7.95. The first-order valence-corrected chi connectivity index (χ1v) is 7.84. The number of hydrogen-bond donors (Lipinski definition) is 2. The van der Waals surface area contributed by atoms with E-state index in [9.17, 15) is 8.42 Å². The summed E-state index contributed by atoms with van der Waals surface area (Å²) in [5.74, 6) is 0.998. The van der Waals surface area contributed by atoms with E-state index < -0.39 is 10.2 Å². The van der Waals surface area contributed by atoms with Crippen LogP contribution in [0.4, 0.5) is 0 Å². The van der Waals surface area contributed by atoms with Crippen LogP contribution in [-0.4, -0.2) is 38.9 Å². The van der Waals surface area contributed by atoms with Gasteiger partial charge in [0.15, 0.2) is 0 Å². The van der Waals surface area contributed by atoms with Gasteiger partial charge < -0.3 is 5.73 Å². The average Bonchev–Trinajstić information content (AvgIpc) is 2.28. The first kappa shape index (κ1) is 14.9. The molecule has 102 valence electrons. The van der Waals surface area contributed by atoms with Crippen molar-refractivity contribution < 1.29 is 8.42 Å². The van der Waals surface area contributed by atoms with Gasteiger partial charge in [0.05, 0.1) is 0 Å². The fourth-order valence-electron chi connectivity index (χ4n) is 1.95. The summed E-state index contributed by atoms with van der Waals surface area (Å²) in [6.45, 7) is 6.55. The second-order valence-electron chi connectivity index (χ2n) is 5.16. The molecule has 5 nitrogen and oxygen atoms in total. The number of nitrogens with one attached hydrogen (secondary N) is 1. The molecule has 0 spiro atoms. The molecule has 0 amide bonds. The standard InChI is InChI=1S/C11H25N3O2S/c1-10(2)3-6-13-17(15,16)14-7-4-11(9-12)5-8-14/h10-11,13H,3-9,12H2,1-2H3. The molecule has 0 aromatic heterocycles. The van der Waals surface area contributed by atoms with Crippen LogP contribution < -0.4 is 10.5 Å². The highest BCUT2D eigenvalue weighted by atomic mass is 32.2. The number of nitrogens with zero attached hydrogens (tertiary/aromatic N) is 1.